The number of nitrogens with one attached hydrogen (secondary N) is 1. The largest absolute Gasteiger partial charge is 0.350 e. The highest BCUT2D eigenvalue weighted by molar-refractivity contribution is 7.16. The van der Waals surface area contributed by atoms with Gasteiger partial charge in [0.1, 0.15) is 10.7 Å². The Labute approximate surface area is 162 Å². The van der Waals surface area contributed by atoms with Crippen LogP contribution in [0.2, 0.25) is 0 Å². The van der Waals surface area contributed by atoms with Crippen molar-refractivity contribution >= 4 is 22.2 Å². The van der Waals surface area contributed by atoms with E-state index in [-0.39, 0.29) is 5.91 Å². The molecule has 27 heavy (non-hydrogen) atoms. The fourth-order valence-electron chi connectivity index (χ4n) is 3.40. The standard InChI is InChI=1S/C18H25N7OS/c1-12(2)23-7-4-8-24-15(11-23)9-16(22-24)17(26)19-6-5-14-10-25-18(20-14)27-13(3)21-25/h9-10,12H,4-8,11H2,1-3H3,(H,19,26). The van der Waals surface area contributed by atoms with Gasteiger partial charge in [-0.2, -0.15) is 10.2 Å². The lowest BCUT2D eigenvalue weighted by molar-refractivity contribution is 0.0948. The van der Waals surface area contributed by atoms with Crippen molar-refractivity contribution in [2.24, 2.45) is 0 Å². The van der Waals surface area contributed by atoms with Crippen molar-refractivity contribution in [2.75, 3.05) is 13.1 Å². The van der Waals surface area contributed by atoms with Crippen LogP contribution in [-0.4, -0.2) is 54.3 Å². The van der Waals surface area contributed by atoms with Crippen LogP contribution in [0.25, 0.3) is 4.96 Å². The molecule has 9 heteroatoms. The van der Waals surface area contributed by atoms with E-state index in [0.717, 1.165) is 47.4 Å². The Hall–Kier alpha value is -2.26. The quantitative estimate of drug-likeness (QED) is 0.723. The van der Waals surface area contributed by atoms with Gasteiger partial charge in [0.25, 0.3) is 5.91 Å². The van der Waals surface area contributed by atoms with Crippen molar-refractivity contribution < 1.29 is 4.79 Å². The van der Waals surface area contributed by atoms with Crippen LogP contribution in [0.5, 0.6) is 0 Å². The molecule has 0 aliphatic carbocycles. The number of rotatable bonds is 5. The first-order chi connectivity index (χ1) is 13.0. The Balaban J connectivity index is 1.35. The lowest BCUT2D eigenvalue weighted by Crippen LogP contribution is -2.30. The van der Waals surface area contributed by atoms with E-state index in [1.54, 1.807) is 15.9 Å². The van der Waals surface area contributed by atoms with E-state index >= 15 is 0 Å². The Kier molecular flexibility index (Phi) is 4.96. The van der Waals surface area contributed by atoms with Gasteiger partial charge in [-0.1, -0.05) is 11.3 Å². The number of amides is 1. The van der Waals surface area contributed by atoms with E-state index in [1.165, 1.54) is 0 Å². The Bertz CT molecular complexity index is 923. The summed E-state index contributed by atoms with van der Waals surface area (Å²) in [6, 6.07) is 2.42. The molecule has 0 unspecified atom stereocenters. The van der Waals surface area contributed by atoms with Crippen LogP contribution < -0.4 is 5.32 Å². The SMILES string of the molecule is Cc1nn2cc(CCNC(=O)c3cc4n(n3)CCCN(C(C)C)C4)nc2s1. The fraction of sp³-hybridized carbons (Fsp3) is 0.556. The summed E-state index contributed by atoms with van der Waals surface area (Å²) >= 11 is 1.57. The van der Waals surface area contributed by atoms with Gasteiger partial charge in [-0.3, -0.25) is 14.4 Å². The van der Waals surface area contributed by atoms with Gasteiger partial charge in [0.2, 0.25) is 4.96 Å². The molecule has 1 aliphatic heterocycles. The molecule has 0 aromatic carbocycles. The Morgan fingerprint density at radius 3 is 2.96 bits per heavy atom. The molecule has 0 saturated heterocycles. The number of aryl methyl sites for hydroxylation is 2. The van der Waals surface area contributed by atoms with E-state index < -0.39 is 0 Å². The van der Waals surface area contributed by atoms with Crippen molar-refractivity contribution in [3.05, 3.63) is 34.4 Å². The second-order valence-corrected chi connectivity index (χ2v) is 8.41. The van der Waals surface area contributed by atoms with Crippen LogP contribution >= 0.6 is 11.3 Å². The van der Waals surface area contributed by atoms with Gasteiger partial charge in [0.15, 0.2) is 0 Å². The predicted molar refractivity (Wildman–Crippen MR) is 104 cm³/mol. The fourth-order valence-corrected chi connectivity index (χ4v) is 4.14. The Morgan fingerprint density at radius 2 is 2.19 bits per heavy atom. The minimum absolute atomic E-state index is 0.123. The summed E-state index contributed by atoms with van der Waals surface area (Å²) in [6.07, 6.45) is 3.65. The molecule has 0 spiro atoms. The molecule has 0 fully saturated rings. The first-order valence-corrected chi connectivity index (χ1v) is 10.2. The van der Waals surface area contributed by atoms with Crippen molar-refractivity contribution in [1.82, 2.24) is 34.6 Å². The maximum Gasteiger partial charge on any atom is 0.271 e. The molecule has 3 aromatic rings. The molecule has 8 nitrogen and oxygen atoms in total. The van der Waals surface area contributed by atoms with Gasteiger partial charge in [-0.15, -0.1) is 0 Å². The molecule has 3 aromatic heterocycles. The van der Waals surface area contributed by atoms with Crippen LogP contribution in [0, 0.1) is 6.92 Å². The summed E-state index contributed by atoms with van der Waals surface area (Å²) in [5, 5.41) is 12.8. The zero-order chi connectivity index (χ0) is 19.0. The van der Waals surface area contributed by atoms with E-state index in [9.17, 15) is 4.79 Å². The maximum atomic E-state index is 12.5. The third-order valence-electron chi connectivity index (χ3n) is 4.87. The van der Waals surface area contributed by atoms with Crippen LogP contribution in [0.3, 0.4) is 0 Å². The summed E-state index contributed by atoms with van der Waals surface area (Å²) in [5.41, 5.74) is 2.54. The molecular weight excluding hydrogens is 362 g/mol. The molecule has 0 bridgehead atoms. The number of fused-ring (bicyclic) bond motifs is 2. The molecule has 0 atom stereocenters. The minimum Gasteiger partial charge on any atom is -0.350 e. The van der Waals surface area contributed by atoms with Gasteiger partial charge in [-0.25, -0.2) is 9.50 Å². The van der Waals surface area contributed by atoms with E-state index in [2.05, 4.69) is 39.2 Å². The van der Waals surface area contributed by atoms with Crippen LogP contribution in [0.4, 0.5) is 0 Å². The number of imidazole rings is 1. The molecule has 0 saturated carbocycles. The summed E-state index contributed by atoms with van der Waals surface area (Å²) in [4.78, 5) is 20.3. The number of carbonyl (C=O) groups is 1. The molecule has 1 aliphatic rings. The highest BCUT2D eigenvalue weighted by Gasteiger charge is 2.20. The van der Waals surface area contributed by atoms with Gasteiger partial charge < -0.3 is 5.32 Å². The number of aromatic nitrogens is 5. The third kappa shape index (κ3) is 3.89. The maximum absolute atomic E-state index is 12.5. The highest BCUT2D eigenvalue weighted by Crippen LogP contribution is 2.16. The lowest BCUT2D eigenvalue weighted by atomic mass is 10.2. The average molecular weight is 388 g/mol. The van der Waals surface area contributed by atoms with Crippen molar-refractivity contribution in [3.63, 3.8) is 0 Å². The highest BCUT2D eigenvalue weighted by atomic mass is 32.1. The number of carbonyl (C=O) groups excluding carboxylic acids is 1. The van der Waals surface area contributed by atoms with Gasteiger partial charge in [-0.05, 0) is 33.3 Å². The first-order valence-electron chi connectivity index (χ1n) is 9.40. The van der Waals surface area contributed by atoms with Crippen molar-refractivity contribution in [1.29, 1.82) is 0 Å². The van der Waals surface area contributed by atoms with Gasteiger partial charge in [0.05, 0.1) is 17.6 Å². The number of hydrogen-bond acceptors (Lipinski definition) is 6. The summed E-state index contributed by atoms with van der Waals surface area (Å²) in [6.45, 7) is 9.68. The summed E-state index contributed by atoms with van der Waals surface area (Å²) in [5.74, 6) is -0.123. The zero-order valence-electron chi connectivity index (χ0n) is 16.0. The van der Waals surface area contributed by atoms with Gasteiger partial charge in [0, 0.05) is 38.6 Å². The van der Waals surface area contributed by atoms with Gasteiger partial charge >= 0.3 is 0 Å². The molecule has 4 heterocycles. The van der Waals surface area contributed by atoms with Crippen LogP contribution in [0.1, 0.15) is 47.2 Å². The number of hydrogen-bond donors (Lipinski definition) is 1. The van der Waals surface area contributed by atoms with Crippen molar-refractivity contribution in [3.8, 4) is 0 Å². The Morgan fingerprint density at radius 1 is 1.33 bits per heavy atom. The monoisotopic (exact) mass is 387 g/mol. The van der Waals surface area contributed by atoms with E-state index in [1.807, 2.05) is 23.9 Å². The van der Waals surface area contributed by atoms with E-state index in [4.69, 9.17) is 0 Å². The minimum atomic E-state index is -0.123. The second-order valence-electron chi connectivity index (χ2n) is 7.25. The topological polar surface area (TPSA) is 80.3 Å². The molecule has 144 valence electrons. The first kappa shape index (κ1) is 18.1. The zero-order valence-corrected chi connectivity index (χ0v) is 16.8. The normalized spacial score (nSPS) is 15.3. The lowest BCUT2D eigenvalue weighted by Gasteiger charge is -2.23. The molecule has 1 N–H and O–H groups in total. The molecule has 4 rings (SSSR count). The molecule has 1 amide bonds. The second kappa shape index (κ2) is 7.40. The smallest absolute Gasteiger partial charge is 0.271 e. The van der Waals surface area contributed by atoms with Crippen molar-refractivity contribution in [2.45, 2.75) is 52.7 Å². The van der Waals surface area contributed by atoms with E-state index in [0.29, 0.717) is 24.7 Å². The van der Waals surface area contributed by atoms with Crippen LogP contribution in [-0.2, 0) is 19.5 Å². The molecule has 0 radical (unpaired) electrons. The summed E-state index contributed by atoms with van der Waals surface area (Å²) < 4.78 is 3.78. The summed E-state index contributed by atoms with van der Waals surface area (Å²) in [7, 11) is 0. The van der Waals surface area contributed by atoms with Crippen LogP contribution in [0.15, 0.2) is 12.3 Å². The molecular formula is C18H25N7OS. The average Bonchev–Trinajstić information content (AvgIpc) is 3.23. The predicted octanol–water partition coefficient (Wildman–Crippen LogP) is 1.88. The third-order valence-corrected chi connectivity index (χ3v) is 5.71. The number of nitrogens with zero attached hydrogens (tertiary/aromatic N) is 6.